The number of nitro benzene ring substituents is 2. The largest absolute Gasteiger partial charge is 0.274 e. The third-order valence-corrected chi connectivity index (χ3v) is 10.2. The number of hydrogen-bond donors (Lipinski definition) is 0. The molecule has 7 atom stereocenters. The molecule has 0 aromatic heterocycles. The van der Waals surface area contributed by atoms with Crippen molar-refractivity contribution in [1.82, 2.24) is 0 Å². The highest BCUT2D eigenvalue weighted by Crippen LogP contribution is 2.63. The Morgan fingerprint density at radius 1 is 0.609 bits per heavy atom. The van der Waals surface area contributed by atoms with Crippen LogP contribution in [0.4, 0.5) is 22.7 Å². The minimum atomic E-state index is -0.845. The lowest BCUT2D eigenvalue weighted by atomic mass is 9.49. The van der Waals surface area contributed by atoms with Crippen LogP contribution in [-0.4, -0.2) is 33.5 Å². The minimum Gasteiger partial charge on any atom is -0.274 e. The van der Waals surface area contributed by atoms with Gasteiger partial charge in [-0.25, -0.2) is 9.80 Å². The van der Waals surface area contributed by atoms with E-state index in [1.54, 1.807) is 0 Å². The smallest absolute Gasteiger partial charge is 0.271 e. The molecule has 4 amide bonds. The number of fused-ring (bicyclic) bond motifs is 1. The van der Waals surface area contributed by atoms with Crippen LogP contribution in [0.25, 0.3) is 5.57 Å². The Balaban J connectivity index is 1.26. The summed E-state index contributed by atoms with van der Waals surface area (Å²) in [6.45, 7) is 0. The van der Waals surface area contributed by atoms with E-state index in [9.17, 15) is 39.4 Å². The van der Waals surface area contributed by atoms with Crippen molar-refractivity contribution in [2.24, 2.45) is 41.4 Å². The number of nitrogens with zero attached hydrogens (tertiary/aromatic N) is 4. The lowest BCUT2D eigenvalue weighted by molar-refractivity contribution is -0.385. The van der Waals surface area contributed by atoms with Crippen LogP contribution >= 0.6 is 0 Å². The molecule has 3 aromatic carbocycles. The Hall–Kier alpha value is -5.78. The van der Waals surface area contributed by atoms with Gasteiger partial charge in [-0.15, -0.1) is 0 Å². The summed E-state index contributed by atoms with van der Waals surface area (Å²) in [6, 6.07) is 20.3. The number of imide groups is 2. The van der Waals surface area contributed by atoms with Crippen molar-refractivity contribution in [2.45, 2.75) is 6.42 Å². The number of carbonyl (C=O) groups is 4. The van der Waals surface area contributed by atoms with E-state index >= 15 is 0 Å². The Bertz CT molecular complexity index is 1990. The molecule has 1 saturated carbocycles. The first-order valence-electron chi connectivity index (χ1n) is 14.9. The van der Waals surface area contributed by atoms with Gasteiger partial charge < -0.3 is 0 Å². The summed E-state index contributed by atoms with van der Waals surface area (Å²) in [5, 5.41) is 23.0. The van der Waals surface area contributed by atoms with Gasteiger partial charge in [0.1, 0.15) is 0 Å². The molecule has 0 unspecified atom stereocenters. The van der Waals surface area contributed by atoms with Crippen molar-refractivity contribution in [2.75, 3.05) is 9.80 Å². The monoisotopic (exact) mass is 616 g/mol. The first-order valence-corrected chi connectivity index (χ1v) is 14.9. The molecule has 4 aliphatic carbocycles. The maximum atomic E-state index is 14.3. The van der Waals surface area contributed by atoms with Crippen LogP contribution in [0.1, 0.15) is 12.0 Å². The fraction of sp³-hybridized carbons (Fsp3) is 0.235. The molecule has 0 spiro atoms. The van der Waals surface area contributed by atoms with Crippen LogP contribution in [-0.2, 0) is 19.2 Å². The maximum Gasteiger partial charge on any atom is 0.271 e. The minimum absolute atomic E-state index is 0.111. The molecule has 12 heteroatoms. The van der Waals surface area contributed by atoms with Crippen LogP contribution in [0.3, 0.4) is 0 Å². The van der Waals surface area contributed by atoms with Crippen LogP contribution in [0.15, 0.2) is 96.6 Å². The lowest BCUT2D eigenvalue weighted by Crippen LogP contribution is -2.51. The van der Waals surface area contributed by atoms with E-state index in [1.165, 1.54) is 48.5 Å². The molecule has 0 N–H and O–H groups in total. The highest BCUT2D eigenvalue weighted by atomic mass is 16.6. The van der Waals surface area contributed by atoms with Crippen molar-refractivity contribution in [3.63, 3.8) is 0 Å². The van der Waals surface area contributed by atoms with Crippen molar-refractivity contribution in [3.8, 4) is 0 Å². The number of allylic oxidation sites excluding steroid dienone is 4. The van der Waals surface area contributed by atoms with Gasteiger partial charge in [-0.05, 0) is 35.6 Å². The van der Waals surface area contributed by atoms with Crippen molar-refractivity contribution >= 4 is 52.0 Å². The molecule has 2 heterocycles. The fourth-order valence-electron chi connectivity index (χ4n) is 8.52. The normalized spacial score (nSPS) is 29.3. The van der Waals surface area contributed by atoms with Crippen molar-refractivity contribution < 1.29 is 29.0 Å². The third kappa shape index (κ3) is 3.73. The maximum absolute atomic E-state index is 14.3. The SMILES string of the molecule is O=C1[C@@H]2[C@H]3C(=C(c4ccccc4)C[C@H]2C(=O)N1c1cccc([N+](=O)[O-])c1)[C@H]1C=C[C@H]3[C@@H]2C(=O)N(c3cccc([N+](=O)[O-])c3)C(=O)[C@@H]21. The summed E-state index contributed by atoms with van der Waals surface area (Å²) in [4.78, 5) is 80.5. The second-order valence-electron chi connectivity index (χ2n) is 12.3. The summed E-state index contributed by atoms with van der Waals surface area (Å²) in [7, 11) is 0. The third-order valence-electron chi connectivity index (χ3n) is 10.2. The molecule has 3 aromatic rings. The molecular formula is C34H24N4O8. The molecule has 46 heavy (non-hydrogen) atoms. The number of rotatable bonds is 5. The first kappa shape index (κ1) is 27.7. The molecule has 9 rings (SSSR count). The molecule has 0 radical (unpaired) electrons. The van der Waals surface area contributed by atoms with Gasteiger partial charge in [-0.1, -0.05) is 60.2 Å². The lowest BCUT2D eigenvalue weighted by Gasteiger charge is -2.51. The summed E-state index contributed by atoms with van der Waals surface area (Å²) < 4.78 is 0. The standard InChI is InChI=1S/C34H24N4O8/c39-31-25-16-24(17-6-2-1-3-7-17)26-22-12-13-23(27(26)30(25)34(42)35(31)18-8-4-10-20(14-18)37(43)44)29-28(22)32(40)36(33(29)41)19-9-5-11-21(15-19)38(45)46/h1-15,22-23,25,27-30H,16H2/t22-,23-,25-,27-,28-,29+,30+/m1/s1. The number of benzene rings is 3. The summed E-state index contributed by atoms with van der Waals surface area (Å²) in [5.74, 6) is -6.84. The van der Waals surface area contributed by atoms with Gasteiger partial charge in [0.2, 0.25) is 23.6 Å². The molecule has 6 aliphatic rings. The number of amides is 4. The van der Waals surface area contributed by atoms with Crippen molar-refractivity contribution in [3.05, 3.63) is 122 Å². The van der Waals surface area contributed by atoms with Gasteiger partial charge in [-0.2, -0.15) is 0 Å². The van der Waals surface area contributed by atoms with E-state index in [0.717, 1.165) is 26.5 Å². The van der Waals surface area contributed by atoms with Gasteiger partial charge in [0, 0.05) is 36.1 Å². The predicted octanol–water partition coefficient (Wildman–Crippen LogP) is 4.70. The van der Waals surface area contributed by atoms with E-state index in [2.05, 4.69) is 0 Å². The first-order chi connectivity index (χ1) is 22.2. The highest BCUT2D eigenvalue weighted by Gasteiger charge is 2.67. The number of nitro groups is 2. The Kier molecular flexibility index (Phi) is 5.95. The quantitative estimate of drug-likeness (QED) is 0.172. The summed E-state index contributed by atoms with van der Waals surface area (Å²) in [6.07, 6.45) is 4.02. The molecule has 2 bridgehead atoms. The molecule has 12 nitrogen and oxygen atoms in total. The zero-order valence-corrected chi connectivity index (χ0v) is 24.0. The van der Waals surface area contributed by atoms with Crippen LogP contribution in [0, 0.1) is 61.7 Å². The van der Waals surface area contributed by atoms with E-state index in [4.69, 9.17) is 0 Å². The average molecular weight is 617 g/mol. The van der Waals surface area contributed by atoms with Gasteiger partial charge in [0.15, 0.2) is 0 Å². The molecular weight excluding hydrogens is 592 g/mol. The van der Waals surface area contributed by atoms with E-state index < -0.39 is 74.9 Å². The second-order valence-corrected chi connectivity index (χ2v) is 12.3. The van der Waals surface area contributed by atoms with Gasteiger partial charge >= 0.3 is 0 Å². The number of hydrogen-bond acceptors (Lipinski definition) is 8. The number of anilines is 2. The van der Waals surface area contributed by atoms with Gasteiger partial charge in [-0.3, -0.25) is 39.4 Å². The van der Waals surface area contributed by atoms with Crippen LogP contribution in [0.2, 0.25) is 0 Å². The fourth-order valence-corrected chi connectivity index (χ4v) is 8.52. The van der Waals surface area contributed by atoms with Gasteiger partial charge in [0.05, 0.1) is 44.9 Å². The molecule has 2 saturated heterocycles. The summed E-state index contributed by atoms with van der Waals surface area (Å²) in [5.41, 5.74) is 2.26. The summed E-state index contributed by atoms with van der Waals surface area (Å²) >= 11 is 0. The molecule has 3 fully saturated rings. The number of non-ortho nitro benzene ring substituents is 2. The van der Waals surface area contributed by atoms with E-state index in [-0.39, 0.29) is 29.2 Å². The van der Waals surface area contributed by atoms with Crippen LogP contribution in [0.5, 0.6) is 0 Å². The average Bonchev–Trinajstić information content (AvgIpc) is 3.49. The highest BCUT2D eigenvalue weighted by molar-refractivity contribution is 6.25. The Labute approximate surface area is 260 Å². The topological polar surface area (TPSA) is 161 Å². The van der Waals surface area contributed by atoms with Crippen LogP contribution < -0.4 is 9.80 Å². The molecule has 2 aliphatic heterocycles. The molecule has 228 valence electrons. The zero-order chi connectivity index (χ0) is 32.0. The predicted molar refractivity (Wildman–Crippen MR) is 163 cm³/mol. The Morgan fingerprint density at radius 2 is 1.17 bits per heavy atom. The van der Waals surface area contributed by atoms with E-state index in [1.807, 2.05) is 42.5 Å². The van der Waals surface area contributed by atoms with E-state index in [0.29, 0.717) is 0 Å². The van der Waals surface area contributed by atoms with Crippen molar-refractivity contribution in [1.29, 1.82) is 0 Å². The number of carbonyl (C=O) groups excluding carboxylic acids is 4. The van der Waals surface area contributed by atoms with Gasteiger partial charge in [0.25, 0.3) is 11.4 Å². The Morgan fingerprint density at radius 3 is 1.78 bits per heavy atom. The second kappa shape index (κ2) is 9.86. The zero-order valence-electron chi connectivity index (χ0n) is 24.0.